The maximum Gasteiger partial charge on any atom is 0.338 e. The summed E-state index contributed by atoms with van der Waals surface area (Å²) in [5.74, 6) is -0.104. The number of amides is 2. The highest BCUT2D eigenvalue weighted by atomic mass is 16.5. The van der Waals surface area contributed by atoms with Crippen LogP contribution in [0.25, 0.3) is 0 Å². The fraction of sp³-hybridized carbons (Fsp3) is 0.318. The van der Waals surface area contributed by atoms with Crippen molar-refractivity contribution in [3.05, 3.63) is 59.2 Å². The van der Waals surface area contributed by atoms with E-state index in [-0.39, 0.29) is 25.0 Å². The Bertz CT molecular complexity index is 864. The van der Waals surface area contributed by atoms with Crippen LogP contribution in [-0.4, -0.2) is 49.0 Å². The van der Waals surface area contributed by atoms with Crippen molar-refractivity contribution in [1.29, 1.82) is 0 Å². The van der Waals surface area contributed by atoms with E-state index in [1.165, 1.54) is 4.90 Å². The van der Waals surface area contributed by atoms with Crippen LogP contribution in [0.15, 0.2) is 42.5 Å². The van der Waals surface area contributed by atoms with Gasteiger partial charge < -0.3 is 14.2 Å². The number of imide groups is 1. The fourth-order valence-electron chi connectivity index (χ4n) is 3.10. The van der Waals surface area contributed by atoms with E-state index in [1.807, 2.05) is 13.8 Å². The van der Waals surface area contributed by atoms with Crippen molar-refractivity contribution < 1.29 is 28.6 Å². The summed E-state index contributed by atoms with van der Waals surface area (Å²) in [7, 11) is 0. The number of hydrogen-bond acceptors (Lipinski definition) is 6. The van der Waals surface area contributed by atoms with E-state index >= 15 is 0 Å². The number of nitrogens with zero attached hydrogens (tertiary/aromatic N) is 1. The molecule has 0 saturated heterocycles. The second-order valence-electron chi connectivity index (χ2n) is 6.36. The number of esters is 1. The summed E-state index contributed by atoms with van der Waals surface area (Å²) >= 11 is 0. The highest BCUT2D eigenvalue weighted by molar-refractivity contribution is 6.21. The number of rotatable bonds is 9. The van der Waals surface area contributed by atoms with Crippen molar-refractivity contribution in [1.82, 2.24) is 4.90 Å². The molecule has 7 nitrogen and oxygen atoms in total. The number of hydrogen-bond donors (Lipinski definition) is 0. The standard InChI is InChI=1S/C22H23NO6/c1-3-27-16-12-15(13-17(14-16)28-4-2)22(26)29-11-7-10-23-20(24)18-8-5-6-9-19(18)21(23)25/h5-6,8-9,12-14H,3-4,7,10-11H2,1-2H3. The van der Waals surface area contributed by atoms with Gasteiger partial charge in [0.1, 0.15) is 11.5 Å². The molecule has 1 aliphatic rings. The van der Waals surface area contributed by atoms with Gasteiger partial charge in [0.25, 0.3) is 11.8 Å². The molecule has 2 aromatic carbocycles. The van der Waals surface area contributed by atoms with Gasteiger partial charge in [0.05, 0.1) is 36.5 Å². The molecule has 29 heavy (non-hydrogen) atoms. The van der Waals surface area contributed by atoms with Crippen LogP contribution in [0.3, 0.4) is 0 Å². The molecular formula is C22H23NO6. The summed E-state index contributed by atoms with van der Waals surface area (Å²) in [6.45, 7) is 4.89. The smallest absolute Gasteiger partial charge is 0.338 e. The lowest BCUT2D eigenvalue weighted by Crippen LogP contribution is -2.31. The fourth-order valence-corrected chi connectivity index (χ4v) is 3.10. The highest BCUT2D eigenvalue weighted by Gasteiger charge is 2.34. The van der Waals surface area contributed by atoms with Crippen LogP contribution in [0.2, 0.25) is 0 Å². The Morgan fingerprint density at radius 3 is 1.97 bits per heavy atom. The summed E-state index contributed by atoms with van der Waals surface area (Å²) in [5.41, 5.74) is 1.14. The Morgan fingerprint density at radius 1 is 0.897 bits per heavy atom. The monoisotopic (exact) mass is 397 g/mol. The first-order chi connectivity index (χ1) is 14.0. The molecule has 0 aromatic heterocycles. The van der Waals surface area contributed by atoms with E-state index in [1.54, 1.807) is 42.5 Å². The van der Waals surface area contributed by atoms with Gasteiger partial charge in [-0.05, 0) is 44.5 Å². The van der Waals surface area contributed by atoms with Gasteiger partial charge in [-0.15, -0.1) is 0 Å². The van der Waals surface area contributed by atoms with E-state index < -0.39 is 5.97 Å². The molecule has 0 aliphatic carbocycles. The Morgan fingerprint density at radius 2 is 1.45 bits per heavy atom. The van der Waals surface area contributed by atoms with Crippen LogP contribution in [-0.2, 0) is 4.74 Å². The largest absolute Gasteiger partial charge is 0.494 e. The topological polar surface area (TPSA) is 82.1 Å². The molecule has 0 bridgehead atoms. The van der Waals surface area contributed by atoms with Crippen molar-refractivity contribution in [3.63, 3.8) is 0 Å². The molecule has 2 amide bonds. The second-order valence-corrected chi connectivity index (χ2v) is 6.36. The van der Waals surface area contributed by atoms with Gasteiger partial charge in [-0.25, -0.2) is 4.79 Å². The Labute approximate surface area is 169 Å². The molecule has 2 aromatic rings. The highest BCUT2D eigenvalue weighted by Crippen LogP contribution is 2.24. The lowest BCUT2D eigenvalue weighted by Gasteiger charge is -2.14. The lowest BCUT2D eigenvalue weighted by molar-refractivity contribution is 0.0481. The van der Waals surface area contributed by atoms with E-state index in [0.717, 1.165) is 0 Å². The Balaban J connectivity index is 1.55. The third-order valence-electron chi connectivity index (χ3n) is 4.38. The molecule has 0 saturated carbocycles. The zero-order valence-electron chi connectivity index (χ0n) is 16.5. The van der Waals surface area contributed by atoms with Gasteiger partial charge in [-0.1, -0.05) is 12.1 Å². The van der Waals surface area contributed by atoms with Gasteiger partial charge in [0, 0.05) is 12.6 Å². The molecule has 0 N–H and O–H groups in total. The first kappa shape index (κ1) is 20.4. The average Bonchev–Trinajstić information content (AvgIpc) is 2.96. The van der Waals surface area contributed by atoms with Crippen LogP contribution in [0.4, 0.5) is 0 Å². The summed E-state index contributed by atoms with van der Waals surface area (Å²) in [6, 6.07) is 11.6. The Hall–Kier alpha value is -3.35. The molecule has 0 radical (unpaired) electrons. The molecule has 1 aliphatic heterocycles. The molecule has 3 rings (SSSR count). The van der Waals surface area contributed by atoms with Gasteiger partial charge in [-0.3, -0.25) is 14.5 Å². The van der Waals surface area contributed by atoms with Crippen molar-refractivity contribution in [2.24, 2.45) is 0 Å². The predicted octanol–water partition coefficient (Wildman–Crippen LogP) is 3.33. The summed E-state index contributed by atoms with van der Waals surface area (Å²) < 4.78 is 16.2. The van der Waals surface area contributed by atoms with Crippen LogP contribution < -0.4 is 9.47 Å². The predicted molar refractivity (Wildman–Crippen MR) is 105 cm³/mol. The molecule has 1 heterocycles. The lowest BCUT2D eigenvalue weighted by atomic mass is 10.1. The SMILES string of the molecule is CCOc1cc(OCC)cc(C(=O)OCCCN2C(=O)c3ccccc3C2=O)c1. The number of benzene rings is 2. The molecule has 0 spiro atoms. The first-order valence-electron chi connectivity index (χ1n) is 9.58. The minimum atomic E-state index is -0.519. The van der Waals surface area contributed by atoms with Gasteiger partial charge in [0.15, 0.2) is 0 Å². The molecule has 0 unspecified atom stereocenters. The zero-order valence-corrected chi connectivity index (χ0v) is 16.5. The first-order valence-corrected chi connectivity index (χ1v) is 9.58. The number of fused-ring (bicyclic) bond motifs is 1. The molecule has 7 heteroatoms. The third-order valence-corrected chi connectivity index (χ3v) is 4.38. The van der Waals surface area contributed by atoms with E-state index in [9.17, 15) is 14.4 Å². The molecule has 152 valence electrons. The molecule has 0 fully saturated rings. The summed E-state index contributed by atoms with van der Waals surface area (Å²) in [5, 5.41) is 0. The normalized spacial score (nSPS) is 12.7. The quantitative estimate of drug-likeness (QED) is 0.367. The van der Waals surface area contributed by atoms with Crippen molar-refractivity contribution in [2.75, 3.05) is 26.4 Å². The van der Waals surface area contributed by atoms with Gasteiger partial charge in [0.2, 0.25) is 0 Å². The van der Waals surface area contributed by atoms with Gasteiger partial charge in [-0.2, -0.15) is 0 Å². The van der Waals surface area contributed by atoms with Crippen LogP contribution in [0.1, 0.15) is 51.3 Å². The number of carbonyl (C=O) groups is 3. The number of ether oxygens (including phenoxy) is 3. The van der Waals surface area contributed by atoms with Crippen LogP contribution in [0.5, 0.6) is 11.5 Å². The summed E-state index contributed by atoms with van der Waals surface area (Å²) in [4.78, 5) is 38.2. The maximum atomic E-state index is 12.4. The van der Waals surface area contributed by atoms with Crippen molar-refractivity contribution in [2.45, 2.75) is 20.3 Å². The molecule has 0 atom stereocenters. The summed E-state index contributed by atoms with van der Waals surface area (Å²) in [6.07, 6.45) is 0.348. The maximum absolute atomic E-state index is 12.4. The van der Waals surface area contributed by atoms with Crippen LogP contribution >= 0.6 is 0 Å². The Kier molecular flexibility index (Phi) is 6.49. The van der Waals surface area contributed by atoms with Crippen LogP contribution in [0, 0.1) is 0 Å². The zero-order chi connectivity index (χ0) is 20.8. The molecular weight excluding hydrogens is 374 g/mol. The van der Waals surface area contributed by atoms with Crippen molar-refractivity contribution in [3.8, 4) is 11.5 Å². The minimum Gasteiger partial charge on any atom is -0.494 e. The minimum absolute atomic E-state index is 0.0784. The third kappa shape index (κ3) is 4.56. The second kappa shape index (κ2) is 9.23. The van der Waals surface area contributed by atoms with Gasteiger partial charge >= 0.3 is 5.97 Å². The average molecular weight is 397 g/mol. The van der Waals surface area contributed by atoms with E-state index in [4.69, 9.17) is 14.2 Å². The van der Waals surface area contributed by atoms with E-state index in [0.29, 0.717) is 47.8 Å². The number of carbonyl (C=O) groups excluding carboxylic acids is 3. The van der Waals surface area contributed by atoms with Crippen molar-refractivity contribution >= 4 is 17.8 Å². The van der Waals surface area contributed by atoms with E-state index in [2.05, 4.69) is 0 Å².